The lowest BCUT2D eigenvalue weighted by molar-refractivity contribution is -0.122. The summed E-state index contributed by atoms with van der Waals surface area (Å²) in [5, 5.41) is 10.4. The van der Waals surface area contributed by atoms with Crippen molar-refractivity contribution in [1.82, 2.24) is 20.1 Å². The highest BCUT2D eigenvalue weighted by Crippen LogP contribution is 2.19. The van der Waals surface area contributed by atoms with E-state index in [-0.39, 0.29) is 17.4 Å². The van der Waals surface area contributed by atoms with Crippen LogP contribution in [-0.4, -0.2) is 26.7 Å². The molecule has 1 heterocycles. The number of rotatable bonds is 4. The molecule has 0 aliphatic heterocycles. The van der Waals surface area contributed by atoms with E-state index < -0.39 is 0 Å². The fourth-order valence-electron chi connectivity index (χ4n) is 1.22. The van der Waals surface area contributed by atoms with E-state index in [1.54, 1.807) is 10.9 Å². The quantitative estimate of drug-likeness (QED) is 0.785. The molecule has 1 aromatic heterocycles. The van der Waals surface area contributed by atoms with E-state index >= 15 is 0 Å². The fraction of sp³-hybridized carbons (Fsp3) is 0.727. The standard InChI is InChI=1S/C11H21N5O/c1-11(2,3)8(12)5-10(17)13-6-9-15-14-7-16(9)4/h7-8H,5-6,12H2,1-4H3,(H,13,17). The van der Waals surface area contributed by atoms with Gasteiger partial charge in [0.25, 0.3) is 0 Å². The summed E-state index contributed by atoms with van der Waals surface area (Å²) in [6.07, 6.45) is 1.92. The Labute approximate surface area is 102 Å². The Morgan fingerprint density at radius 1 is 1.59 bits per heavy atom. The second kappa shape index (κ2) is 5.27. The van der Waals surface area contributed by atoms with Crippen molar-refractivity contribution in [3.63, 3.8) is 0 Å². The molecule has 0 bridgehead atoms. The molecule has 96 valence electrons. The minimum Gasteiger partial charge on any atom is -0.349 e. The van der Waals surface area contributed by atoms with E-state index in [0.29, 0.717) is 13.0 Å². The highest BCUT2D eigenvalue weighted by molar-refractivity contribution is 5.76. The maximum atomic E-state index is 11.7. The van der Waals surface area contributed by atoms with Crippen LogP contribution in [0.15, 0.2) is 6.33 Å². The average molecular weight is 239 g/mol. The third kappa shape index (κ3) is 4.14. The number of hydrogen-bond donors (Lipinski definition) is 2. The Balaban J connectivity index is 2.39. The third-order valence-electron chi connectivity index (χ3n) is 2.77. The van der Waals surface area contributed by atoms with Crippen molar-refractivity contribution in [3.8, 4) is 0 Å². The molecule has 0 aliphatic rings. The van der Waals surface area contributed by atoms with Gasteiger partial charge in [0.2, 0.25) is 5.91 Å². The number of nitrogens with zero attached hydrogens (tertiary/aromatic N) is 3. The molecule has 0 aliphatic carbocycles. The van der Waals surface area contributed by atoms with Gasteiger partial charge in [-0.1, -0.05) is 20.8 Å². The minimum absolute atomic E-state index is 0.0598. The maximum Gasteiger partial charge on any atom is 0.221 e. The zero-order valence-electron chi connectivity index (χ0n) is 10.9. The van der Waals surface area contributed by atoms with Gasteiger partial charge in [-0.3, -0.25) is 4.79 Å². The molecule has 1 amide bonds. The van der Waals surface area contributed by atoms with Gasteiger partial charge < -0.3 is 15.6 Å². The number of amides is 1. The highest BCUT2D eigenvalue weighted by Gasteiger charge is 2.23. The Bertz CT molecular complexity index is 379. The summed E-state index contributed by atoms with van der Waals surface area (Å²) in [6.45, 7) is 6.45. The lowest BCUT2D eigenvalue weighted by Gasteiger charge is -2.26. The first-order valence-electron chi connectivity index (χ1n) is 5.66. The van der Waals surface area contributed by atoms with Gasteiger partial charge in [0.1, 0.15) is 6.33 Å². The van der Waals surface area contributed by atoms with Gasteiger partial charge in [-0.2, -0.15) is 0 Å². The smallest absolute Gasteiger partial charge is 0.221 e. The minimum atomic E-state index is -0.151. The molecule has 1 rings (SSSR count). The molecule has 6 heteroatoms. The van der Waals surface area contributed by atoms with Crippen LogP contribution in [0.1, 0.15) is 33.0 Å². The molecule has 1 unspecified atom stereocenters. The lowest BCUT2D eigenvalue weighted by Crippen LogP contribution is -2.40. The summed E-state index contributed by atoms with van der Waals surface area (Å²) >= 11 is 0. The molecule has 0 saturated heterocycles. The first-order valence-corrected chi connectivity index (χ1v) is 5.66. The normalized spacial score (nSPS) is 13.5. The van der Waals surface area contributed by atoms with Gasteiger partial charge in [0, 0.05) is 19.5 Å². The second-order valence-electron chi connectivity index (χ2n) is 5.31. The van der Waals surface area contributed by atoms with Gasteiger partial charge in [0.15, 0.2) is 5.82 Å². The lowest BCUT2D eigenvalue weighted by atomic mass is 9.85. The molecule has 1 atom stereocenters. The topological polar surface area (TPSA) is 85.8 Å². The number of aromatic nitrogens is 3. The van der Waals surface area contributed by atoms with Crippen molar-refractivity contribution in [1.29, 1.82) is 0 Å². The molecule has 3 N–H and O–H groups in total. The number of carbonyl (C=O) groups excluding carboxylic acids is 1. The molecule has 0 spiro atoms. The predicted octanol–water partition coefficient (Wildman–Crippen LogP) is 0.195. The van der Waals surface area contributed by atoms with Gasteiger partial charge >= 0.3 is 0 Å². The fourth-order valence-corrected chi connectivity index (χ4v) is 1.22. The number of aryl methyl sites for hydroxylation is 1. The molecular formula is C11H21N5O. The molecule has 0 radical (unpaired) electrons. The molecule has 1 aromatic rings. The van der Waals surface area contributed by atoms with Gasteiger partial charge in [-0.05, 0) is 5.41 Å². The van der Waals surface area contributed by atoms with E-state index in [2.05, 4.69) is 15.5 Å². The zero-order chi connectivity index (χ0) is 13.1. The molecule has 6 nitrogen and oxygen atoms in total. The van der Waals surface area contributed by atoms with Gasteiger partial charge in [-0.25, -0.2) is 0 Å². The van der Waals surface area contributed by atoms with Crippen LogP contribution < -0.4 is 11.1 Å². The largest absolute Gasteiger partial charge is 0.349 e. The van der Waals surface area contributed by atoms with E-state index in [0.717, 1.165) is 5.82 Å². The predicted molar refractivity (Wildman–Crippen MR) is 64.9 cm³/mol. The van der Waals surface area contributed by atoms with Crippen LogP contribution in [0.5, 0.6) is 0 Å². The molecule has 0 aromatic carbocycles. The van der Waals surface area contributed by atoms with Crippen LogP contribution in [0.4, 0.5) is 0 Å². The maximum absolute atomic E-state index is 11.7. The van der Waals surface area contributed by atoms with Crippen molar-refractivity contribution >= 4 is 5.91 Å². The molecule has 0 saturated carbocycles. The summed E-state index contributed by atoms with van der Waals surface area (Å²) in [5.74, 6) is 0.665. The monoisotopic (exact) mass is 239 g/mol. The van der Waals surface area contributed by atoms with E-state index in [4.69, 9.17) is 5.73 Å². The van der Waals surface area contributed by atoms with E-state index in [1.807, 2.05) is 27.8 Å². The Morgan fingerprint density at radius 2 is 2.24 bits per heavy atom. The number of nitrogens with two attached hydrogens (primary N) is 1. The molecule has 0 fully saturated rings. The van der Waals surface area contributed by atoms with Crippen molar-refractivity contribution in [2.75, 3.05) is 0 Å². The van der Waals surface area contributed by atoms with E-state index in [1.165, 1.54) is 0 Å². The van der Waals surface area contributed by atoms with Crippen molar-refractivity contribution < 1.29 is 4.79 Å². The van der Waals surface area contributed by atoms with Gasteiger partial charge in [0.05, 0.1) is 6.54 Å². The third-order valence-corrected chi connectivity index (χ3v) is 2.77. The zero-order valence-corrected chi connectivity index (χ0v) is 10.9. The Kier molecular flexibility index (Phi) is 4.22. The average Bonchev–Trinajstić information content (AvgIpc) is 2.59. The summed E-state index contributed by atoms with van der Waals surface area (Å²) in [4.78, 5) is 11.7. The van der Waals surface area contributed by atoms with Crippen molar-refractivity contribution in [2.24, 2.45) is 18.2 Å². The molecule has 17 heavy (non-hydrogen) atoms. The second-order valence-corrected chi connectivity index (χ2v) is 5.31. The molecular weight excluding hydrogens is 218 g/mol. The summed E-state index contributed by atoms with van der Waals surface area (Å²) in [6, 6.07) is -0.151. The number of hydrogen-bond acceptors (Lipinski definition) is 4. The van der Waals surface area contributed by atoms with Crippen molar-refractivity contribution in [3.05, 3.63) is 12.2 Å². The van der Waals surface area contributed by atoms with Crippen LogP contribution in [0.25, 0.3) is 0 Å². The number of nitrogens with one attached hydrogen (secondary N) is 1. The van der Waals surface area contributed by atoms with Gasteiger partial charge in [-0.15, -0.1) is 10.2 Å². The first-order chi connectivity index (χ1) is 7.80. The van der Waals surface area contributed by atoms with Crippen LogP contribution in [0, 0.1) is 5.41 Å². The number of carbonyl (C=O) groups is 1. The van der Waals surface area contributed by atoms with Crippen molar-refractivity contribution in [2.45, 2.75) is 39.8 Å². The first kappa shape index (κ1) is 13.6. The Morgan fingerprint density at radius 3 is 2.71 bits per heavy atom. The van der Waals surface area contributed by atoms with Crippen LogP contribution >= 0.6 is 0 Å². The SMILES string of the molecule is Cn1cnnc1CNC(=O)CC(N)C(C)(C)C. The summed E-state index contributed by atoms with van der Waals surface area (Å²) in [7, 11) is 1.84. The van der Waals surface area contributed by atoms with Crippen LogP contribution in [-0.2, 0) is 18.4 Å². The Hall–Kier alpha value is -1.43. The summed E-state index contributed by atoms with van der Waals surface area (Å²) in [5.41, 5.74) is 5.87. The summed E-state index contributed by atoms with van der Waals surface area (Å²) < 4.78 is 1.77. The van der Waals surface area contributed by atoms with Crippen LogP contribution in [0.2, 0.25) is 0 Å². The highest BCUT2D eigenvalue weighted by atomic mass is 16.1. The van der Waals surface area contributed by atoms with Crippen LogP contribution in [0.3, 0.4) is 0 Å². The van der Waals surface area contributed by atoms with E-state index in [9.17, 15) is 4.79 Å².